The van der Waals surface area contributed by atoms with Crippen molar-refractivity contribution >= 4 is 17.7 Å². The Morgan fingerprint density at radius 1 is 0.697 bits per heavy atom. The molecule has 0 aliphatic rings. The number of hydrogen-bond donors (Lipinski definition) is 2. The Balaban J connectivity index is 1.58. The molecule has 0 fully saturated rings. The maximum Gasteiger partial charge on any atom is 0.335 e. The van der Waals surface area contributed by atoms with Crippen LogP contribution in [0.4, 0.5) is 0 Å². The zero-order chi connectivity index (χ0) is 22.6. The summed E-state index contributed by atoms with van der Waals surface area (Å²) < 4.78 is 0. The van der Waals surface area contributed by atoms with Crippen LogP contribution in [0.15, 0.2) is 119 Å². The number of H-pyrrole nitrogens is 1. The molecule has 2 N–H and O–H groups in total. The largest absolute Gasteiger partial charge is 0.478 e. The van der Waals surface area contributed by atoms with Crippen molar-refractivity contribution in [2.24, 2.45) is 0 Å². The van der Waals surface area contributed by atoms with Gasteiger partial charge in [-0.2, -0.15) is 0 Å². The molecule has 1 heterocycles. The number of aromatic amines is 1. The Bertz CT molecular complexity index is 1400. The van der Waals surface area contributed by atoms with Crippen molar-refractivity contribution < 1.29 is 9.90 Å². The van der Waals surface area contributed by atoms with E-state index in [0.717, 1.165) is 33.0 Å². The molecule has 33 heavy (non-hydrogen) atoms. The van der Waals surface area contributed by atoms with Gasteiger partial charge in [0.2, 0.25) is 0 Å². The number of carboxylic acid groups (broad SMARTS) is 1. The van der Waals surface area contributed by atoms with E-state index < -0.39 is 5.97 Å². The Hall–Kier alpha value is -4.09. The van der Waals surface area contributed by atoms with Crippen molar-refractivity contribution in [3.8, 4) is 33.9 Å². The molecule has 0 aliphatic heterocycles. The van der Waals surface area contributed by atoms with E-state index in [4.69, 9.17) is 4.98 Å². The maximum atomic E-state index is 11.2. The summed E-state index contributed by atoms with van der Waals surface area (Å²) in [6, 6.07) is 35.5. The van der Waals surface area contributed by atoms with E-state index in [2.05, 4.69) is 47.4 Å². The van der Waals surface area contributed by atoms with Gasteiger partial charge in [-0.1, -0.05) is 84.6 Å². The molecule has 5 rings (SSSR count). The number of hydrogen-bond acceptors (Lipinski definition) is 3. The molecular formula is C28H20N2O2S. The molecule has 5 heteroatoms. The van der Waals surface area contributed by atoms with Crippen LogP contribution in [-0.2, 0) is 0 Å². The molecule has 160 valence electrons. The van der Waals surface area contributed by atoms with Crippen molar-refractivity contribution in [3.63, 3.8) is 0 Å². The summed E-state index contributed by atoms with van der Waals surface area (Å²) in [4.78, 5) is 21.9. The summed E-state index contributed by atoms with van der Waals surface area (Å²) in [7, 11) is 0. The molecule has 4 aromatic carbocycles. The Kier molecular flexibility index (Phi) is 5.79. The summed E-state index contributed by atoms with van der Waals surface area (Å²) in [6.45, 7) is 0. The third kappa shape index (κ3) is 4.59. The molecule has 0 radical (unpaired) electrons. The van der Waals surface area contributed by atoms with Crippen molar-refractivity contribution in [1.82, 2.24) is 9.97 Å². The quantitative estimate of drug-likeness (QED) is 0.287. The van der Waals surface area contributed by atoms with Gasteiger partial charge < -0.3 is 10.1 Å². The van der Waals surface area contributed by atoms with Crippen molar-refractivity contribution in [1.29, 1.82) is 0 Å². The molecule has 0 saturated carbocycles. The van der Waals surface area contributed by atoms with Crippen molar-refractivity contribution in [2.75, 3.05) is 0 Å². The van der Waals surface area contributed by atoms with E-state index in [1.807, 2.05) is 42.5 Å². The summed E-state index contributed by atoms with van der Waals surface area (Å²) in [5.74, 6) is -0.249. The topological polar surface area (TPSA) is 66.0 Å². The number of nitrogens with one attached hydrogen (secondary N) is 1. The summed E-state index contributed by atoms with van der Waals surface area (Å²) in [5, 5.41) is 9.20. The van der Waals surface area contributed by atoms with Gasteiger partial charge in [0.05, 0.1) is 17.0 Å². The third-order valence-corrected chi connectivity index (χ3v) is 6.26. The molecule has 0 aliphatic carbocycles. The van der Waals surface area contributed by atoms with Crippen LogP contribution < -0.4 is 0 Å². The summed E-state index contributed by atoms with van der Waals surface area (Å²) >= 11 is 1.71. The molecule has 5 aromatic rings. The van der Waals surface area contributed by atoms with Gasteiger partial charge in [-0.15, -0.1) is 0 Å². The minimum atomic E-state index is -0.945. The molecular weight excluding hydrogens is 428 g/mol. The highest BCUT2D eigenvalue weighted by molar-refractivity contribution is 7.99. The average Bonchev–Trinajstić information content (AvgIpc) is 3.31. The summed E-state index contributed by atoms with van der Waals surface area (Å²) in [5.41, 5.74) is 4.91. The second kappa shape index (κ2) is 9.18. The van der Waals surface area contributed by atoms with Gasteiger partial charge in [-0.25, -0.2) is 9.78 Å². The molecule has 0 atom stereocenters. The lowest BCUT2D eigenvalue weighted by Gasteiger charge is -2.06. The number of aromatic carboxylic acids is 1. The molecule has 0 amide bonds. The maximum absolute atomic E-state index is 11.2. The second-order valence-electron chi connectivity index (χ2n) is 7.50. The van der Waals surface area contributed by atoms with Gasteiger partial charge in [0.15, 0.2) is 0 Å². The van der Waals surface area contributed by atoms with Gasteiger partial charge in [0.1, 0.15) is 5.82 Å². The van der Waals surface area contributed by atoms with Crippen LogP contribution in [-0.4, -0.2) is 21.0 Å². The third-order valence-electron chi connectivity index (χ3n) is 5.26. The van der Waals surface area contributed by atoms with Crippen LogP contribution in [0.25, 0.3) is 33.9 Å². The van der Waals surface area contributed by atoms with Crippen LogP contribution >= 0.6 is 11.8 Å². The first-order valence-electron chi connectivity index (χ1n) is 10.5. The minimum absolute atomic E-state index is 0.249. The lowest BCUT2D eigenvalue weighted by molar-refractivity contribution is 0.0697. The first-order valence-corrected chi connectivity index (χ1v) is 11.3. The van der Waals surface area contributed by atoms with E-state index in [1.54, 1.807) is 36.0 Å². The number of aromatic nitrogens is 2. The van der Waals surface area contributed by atoms with Crippen LogP contribution in [0.3, 0.4) is 0 Å². The molecule has 0 saturated heterocycles. The molecule has 0 bridgehead atoms. The fourth-order valence-electron chi connectivity index (χ4n) is 3.63. The van der Waals surface area contributed by atoms with Crippen molar-refractivity contribution in [2.45, 2.75) is 9.79 Å². The molecule has 0 unspecified atom stereocenters. The lowest BCUT2D eigenvalue weighted by Crippen LogP contribution is -1.95. The number of carbonyl (C=O) groups is 1. The number of imidazole rings is 1. The minimum Gasteiger partial charge on any atom is -0.478 e. The predicted molar refractivity (Wildman–Crippen MR) is 132 cm³/mol. The monoisotopic (exact) mass is 448 g/mol. The average molecular weight is 449 g/mol. The van der Waals surface area contributed by atoms with Gasteiger partial charge in [0, 0.05) is 26.5 Å². The highest BCUT2D eigenvalue weighted by Gasteiger charge is 2.16. The van der Waals surface area contributed by atoms with E-state index in [1.165, 1.54) is 4.90 Å². The van der Waals surface area contributed by atoms with Crippen LogP contribution in [0.1, 0.15) is 10.4 Å². The van der Waals surface area contributed by atoms with E-state index >= 15 is 0 Å². The standard InChI is InChI=1S/C28H20N2O2S/c31-28(32)21-16-14-20(15-17-21)27-29-25(19-8-3-1-4-9-19)26(30-27)22-10-7-13-24(18-22)33-23-11-5-2-6-12-23/h1-18H,(H,29,30)(H,31,32). The SMILES string of the molecule is O=C(O)c1ccc(-c2nc(-c3cccc(Sc4ccccc4)c3)c(-c3ccccc3)[nH]2)cc1. The Morgan fingerprint density at radius 3 is 2.03 bits per heavy atom. The van der Waals surface area contributed by atoms with Gasteiger partial charge in [-0.05, 0) is 36.4 Å². The van der Waals surface area contributed by atoms with E-state index in [-0.39, 0.29) is 5.56 Å². The number of benzene rings is 4. The van der Waals surface area contributed by atoms with Gasteiger partial charge >= 0.3 is 5.97 Å². The second-order valence-corrected chi connectivity index (χ2v) is 8.65. The van der Waals surface area contributed by atoms with Crippen LogP contribution in [0.5, 0.6) is 0 Å². The fraction of sp³-hybridized carbons (Fsp3) is 0. The van der Waals surface area contributed by atoms with Gasteiger partial charge in [-0.3, -0.25) is 0 Å². The Labute approximate surface area is 196 Å². The zero-order valence-corrected chi connectivity index (χ0v) is 18.4. The first-order chi connectivity index (χ1) is 16.2. The predicted octanol–water partition coefficient (Wildman–Crippen LogP) is 7.26. The molecule has 1 aromatic heterocycles. The zero-order valence-electron chi connectivity index (χ0n) is 17.6. The highest BCUT2D eigenvalue weighted by Crippen LogP contribution is 2.36. The van der Waals surface area contributed by atoms with Crippen molar-refractivity contribution in [3.05, 3.63) is 115 Å². The van der Waals surface area contributed by atoms with Crippen LogP contribution in [0, 0.1) is 0 Å². The number of rotatable bonds is 6. The molecule has 0 spiro atoms. The summed E-state index contributed by atoms with van der Waals surface area (Å²) in [6.07, 6.45) is 0. The molecule has 4 nitrogen and oxygen atoms in total. The Morgan fingerprint density at radius 2 is 1.33 bits per heavy atom. The number of carboxylic acids is 1. The fourth-order valence-corrected chi connectivity index (χ4v) is 4.53. The highest BCUT2D eigenvalue weighted by atomic mass is 32.2. The normalized spacial score (nSPS) is 10.8. The van der Waals surface area contributed by atoms with Crippen LogP contribution in [0.2, 0.25) is 0 Å². The van der Waals surface area contributed by atoms with E-state index in [9.17, 15) is 9.90 Å². The first kappa shape index (κ1) is 20.8. The lowest BCUT2D eigenvalue weighted by atomic mass is 10.1. The van der Waals surface area contributed by atoms with Gasteiger partial charge in [0.25, 0.3) is 0 Å². The number of nitrogens with zero attached hydrogens (tertiary/aromatic N) is 1. The van der Waals surface area contributed by atoms with E-state index in [0.29, 0.717) is 5.82 Å². The smallest absolute Gasteiger partial charge is 0.335 e.